The lowest BCUT2D eigenvalue weighted by Gasteiger charge is -2.27. The van der Waals surface area contributed by atoms with Crippen LogP contribution in [0.25, 0.3) is 0 Å². The first-order valence-corrected chi connectivity index (χ1v) is 8.90. The summed E-state index contributed by atoms with van der Waals surface area (Å²) in [6, 6.07) is 19.7. The summed E-state index contributed by atoms with van der Waals surface area (Å²) in [6.07, 6.45) is 3.05. The molecule has 2 aromatic carbocycles. The van der Waals surface area contributed by atoms with Gasteiger partial charge in [-0.15, -0.1) is 0 Å². The highest BCUT2D eigenvalue weighted by Gasteiger charge is 2.41. The van der Waals surface area contributed by atoms with Crippen molar-refractivity contribution in [2.75, 3.05) is 7.11 Å². The Morgan fingerprint density at radius 1 is 1.00 bits per heavy atom. The molecule has 3 rings (SSSR count). The van der Waals surface area contributed by atoms with Crippen molar-refractivity contribution < 1.29 is 14.3 Å². The van der Waals surface area contributed by atoms with Gasteiger partial charge in [0.2, 0.25) is 0 Å². The van der Waals surface area contributed by atoms with E-state index < -0.39 is 0 Å². The van der Waals surface area contributed by atoms with Crippen LogP contribution in [-0.4, -0.2) is 18.9 Å². The van der Waals surface area contributed by atoms with Crippen molar-refractivity contribution in [2.45, 2.75) is 31.6 Å². The lowest BCUT2D eigenvalue weighted by molar-refractivity contribution is -0.147. The first-order chi connectivity index (χ1) is 12.2. The highest BCUT2D eigenvalue weighted by atomic mass is 16.5. The van der Waals surface area contributed by atoms with Crippen molar-refractivity contribution in [3.8, 4) is 0 Å². The average molecular weight is 336 g/mol. The zero-order valence-electron chi connectivity index (χ0n) is 14.6. The highest BCUT2D eigenvalue weighted by molar-refractivity contribution is 5.89. The molecule has 1 aliphatic carbocycles. The largest absolute Gasteiger partial charge is 0.469 e. The second-order valence-corrected chi connectivity index (χ2v) is 6.74. The third kappa shape index (κ3) is 3.98. The van der Waals surface area contributed by atoms with Gasteiger partial charge in [-0.25, -0.2) is 0 Å². The van der Waals surface area contributed by atoms with Gasteiger partial charge in [-0.2, -0.15) is 0 Å². The van der Waals surface area contributed by atoms with E-state index in [4.69, 9.17) is 4.74 Å². The van der Waals surface area contributed by atoms with Gasteiger partial charge in [0.1, 0.15) is 5.78 Å². The van der Waals surface area contributed by atoms with Crippen molar-refractivity contribution >= 4 is 11.8 Å². The Morgan fingerprint density at radius 3 is 2.28 bits per heavy atom. The van der Waals surface area contributed by atoms with E-state index in [9.17, 15) is 9.59 Å². The lowest BCUT2D eigenvalue weighted by Crippen LogP contribution is -2.30. The number of carbonyl (C=O) groups is 2. The molecule has 0 radical (unpaired) electrons. The molecule has 1 fully saturated rings. The summed E-state index contributed by atoms with van der Waals surface area (Å²) in [6.45, 7) is 0. The summed E-state index contributed by atoms with van der Waals surface area (Å²) < 4.78 is 5.00. The van der Waals surface area contributed by atoms with Gasteiger partial charge in [0, 0.05) is 12.3 Å². The maximum absolute atomic E-state index is 13.2. The van der Waals surface area contributed by atoms with Crippen molar-refractivity contribution in [3.05, 3.63) is 71.8 Å². The number of hydrogen-bond acceptors (Lipinski definition) is 3. The van der Waals surface area contributed by atoms with Crippen molar-refractivity contribution in [1.82, 2.24) is 0 Å². The number of esters is 1. The van der Waals surface area contributed by atoms with Gasteiger partial charge in [-0.1, -0.05) is 67.1 Å². The Bertz CT molecular complexity index is 709. The molecule has 0 bridgehead atoms. The summed E-state index contributed by atoms with van der Waals surface area (Å²) in [5.41, 5.74) is 2.02. The molecule has 0 heterocycles. The fourth-order valence-corrected chi connectivity index (χ4v) is 4.07. The summed E-state index contributed by atoms with van der Waals surface area (Å²) in [5.74, 6) is -0.428. The van der Waals surface area contributed by atoms with Crippen LogP contribution in [0.5, 0.6) is 0 Å². The van der Waals surface area contributed by atoms with Crippen LogP contribution in [0.1, 0.15) is 36.3 Å². The van der Waals surface area contributed by atoms with E-state index in [1.54, 1.807) is 0 Å². The van der Waals surface area contributed by atoms with Crippen LogP contribution >= 0.6 is 0 Å². The maximum atomic E-state index is 13.2. The Hall–Kier alpha value is -2.42. The first-order valence-electron chi connectivity index (χ1n) is 8.90. The minimum absolute atomic E-state index is 0.0195. The Balaban J connectivity index is 1.90. The van der Waals surface area contributed by atoms with E-state index in [-0.39, 0.29) is 29.5 Å². The summed E-state index contributed by atoms with van der Waals surface area (Å²) in [4.78, 5) is 25.4. The standard InChI is InChI=1S/C22H24O3/c1-25-22(24)19-14-8-13-18(19)21(17-11-6-3-7-12-17)20(23)15-16-9-4-2-5-10-16/h2-7,9-12,18-19,21H,8,13-15H2,1H3/t18-,19-,21-/m0/s1. The second-order valence-electron chi connectivity index (χ2n) is 6.74. The minimum Gasteiger partial charge on any atom is -0.469 e. The number of hydrogen-bond donors (Lipinski definition) is 0. The SMILES string of the molecule is COC(=O)[C@H]1CCC[C@@H]1[C@@H](C(=O)Cc1ccccc1)c1ccccc1. The van der Waals surface area contributed by atoms with Gasteiger partial charge in [0.25, 0.3) is 0 Å². The number of ether oxygens (including phenoxy) is 1. The van der Waals surface area contributed by atoms with E-state index >= 15 is 0 Å². The quantitative estimate of drug-likeness (QED) is 0.744. The molecule has 0 saturated heterocycles. The zero-order valence-corrected chi connectivity index (χ0v) is 14.6. The highest BCUT2D eigenvalue weighted by Crippen LogP contribution is 2.43. The molecule has 0 unspecified atom stereocenters. The fourth-order valence-electron chi connectivity index (χ4n) is 4.07. The van der Waals surface area contributed by atoms with Crippen LogP contribution in [0.3, 0.4) is 0 Å². The molecule has 0 aromatic heterocycles. The van der Waals surface area contributed by atoms with Gasteiger partial charge in [0.15, 0.2) is 0 Å². The van der Waals surface area contributed by atoms with Gasteiger partial charge in [0.05, 0.1) is 13.0 Å². The number of rotatable bonds is 6. The Morgan fingerprint density at radius 2 is 1.64 bits per heavy atom. The number of Topliss-reactive ketones (excluding diaryl/α,β-unsaturated/α-hetero) is 1. The maximum Gasteiger partial charge on any atom is 0.308 e. The number of methoxy groups -OCH3 is 1. The van der Waals surface area contributed by atoms with E-state index in [1.807, 2.05) is 60.7 Å². The van der Waals surface area contributed by atoms with Crippen molar-refractivity contribution in [2.24, 2.45) is 11.8 Å². The van der Waals surface area contributed by atoms with E-state index in [2.05, 4.69) is 0 Å². The van der Waals surface area contributed by atoms with Crippen molar-refractivity contribution in [3.63, 3.8) is 0 Å². The third-order valence-electron chi connectivity index (χ3n) is 5.23. The summed E-state index contributed by atoms with van der Waals surface area (Å²) in [7, 11) is 1.43. The van der Waals surface area contributed by atoms with E-state index in [0.29, 0.717) is 6.42 Å². The van der Waals surface area contributed by atoms with Gasteiger partial charge >= 0.3 is 5.97 Å². The molecule has 130 valence electrons. The minimum atomic E-state index is -0.256. The number of carbonyl (C=O) groups excluding carboxylic acids is 2. The Labute approximate surface area is 149 Å². The number of ketones is 1. The predicted octanol–water partition coefficient (Wildman–Crippen LogP) is 4.17. The van der Waals surface area contributed by atoms with Gasteiger partial charge in [-0.05, 0) is 29.9 Å². The molecule has 0 amide bonds. The van der Waals surface area contributed by atoms with Gasteiger partial charge in [-0.3, -0.25) is 9.59 Å². The van der Waals surface area contributed by atoms with E-state index in [0.717, 1.165) is 30.4 Å². The molecule has 2 aromatic rings. The lowest BCUT2D eigenvalue weighted by atomic mass is 9.76. The molecule has 1 aliphatic rings. The Kier molecular flexibility index (Phi) is 5.64. The molecule has 3 nitrogen and oxygen atoms in total. The molecule has 0 spiro atoms. The van der Waals surface area contributed by atoms with Crippen LogP contribution < -0.4 is 0 Å². The topological polar surface area (TPSA) is 43.4 Å². The predicted molar refractivity (Wildman–Crippen MR) is 97.2 cm³/mol. The molecule has 1 saturated carbocycles. The normalized spacial score (nSPS) is 20.8. The third-order valence-corrected chi connectivity index (χ3v) is 5.23. The van der Waals surface area contributed by atoms with Crippen LogP contribution in [0.15, 0.2) is 60.7 Å². The summed E-state index contributed by atoms with van der Waals surface area (Å²) >= 11 is 0. The van der Waals surface area contributed by atoms with E-state index in [1.165, 1.54) is 7.11 Å². The fraction of sp³-hybridized carbons (Fsp3) is 0.364. The van der Waals surface area contributed by atoms with Crippen molar-refractivity contribution in [1.29, 1.82) is 0 Å². The number of benzene rings is 2. The van der Waals surface area contributed by atoms with Gasteiger partial charge < -0.3 is 4.74 Å². The monoisotopic (exact) mass is 336 g/mol. The zero-order chi connectivity index (χ0) is 17.6. The summed E-state index contributed by atoms with van der Waals surface area (Å²) in [5, 5.41) is 0. The second kappa shape index (κ2) is 8.11. The molecule has 0 aliphatic heterocycles. The van der Waals surface area contributed by atoms with Crippen LogP contribution in [0.4, 0.5) is 0 Å². The molecular formula is C22H24O3. The van der Waals surface area contributed by atoms with Crippen LogP contribution in [0.2, 0.25) is 0 Å². The molecule has 3 heteroatoms. The molecule has 3 atom stereocenters. The average Bonchev–Trinajstić information content (AvgIpc) is 3.12. The molecular weight excluding hydrogens is 312 g/mol. The molecule has 0 N–H and O–H groups in total. The van der Waals surface area contributed by atoms with Crippen LogP contribution in [0, 0.1) is 11.8 Å². The van der Waals surface area contributed by atoms with Crippen LogP contribution in [-0.2, 0) is 20.7 Å². The smallest absolute Gasteiger partial charge is 0.308 e. The first kappa shape index (κ1) is 17.4. The molecule has 25 heavy (non-hydrogen) atoms.